The zero-order valence-electron chi connectivity index (χ0n) is 23.4. The van der Waals surface area contributed by atoms with E-state index in [1.54, 1.807) is 6.20 Å². The van der Waals surface area contributed by atoms with E-state index in [0.29, 0.717) is 5.69 Å². The van der Waals surface area contributed by atoms with Crippen LogP contribution in [0.25, 0.3) is 55.1 Å². The molecule has 0 amide bonds. The van der Waals surface area contributed by atoms with Gasteiger partial charge in [-0.3, -0.25) is 4.98 Å². The Morgan fingerprint density at radius 2 is 1.61 bits per heavy atom. The minimum atomic E-state index is -1.53. The van der Waals surface area contributed by atoms with E-state index in [2.05, 4.69) is 78.3 Å². The third kappa shape index (κ3) is 3.76. The van der Waals surface area contributed by atoms with Crippen LogP contribution in [0, 0.1) is 12.3 Å². The van der Waals surface area contributed by atoms with Gasteiger partial charge in [-0.15, -0.1) is 0 Å². The van der Waals surface area contributed by atoms with Gasteiger partial charge in [0.1, 0.15) is 18.2 Å². The highest BCUT2D eigenvalue weighted by Gasteiger charge is 2.24. The van der Waals surface area contributed by atoms with Crippen LogP contribution in [0.15, 0.2) is 89.6 Å². The summed E-state index contributed by atoms with van der Waals surface area (Å²) in [5, 5.41) is 4.66. The molecule has 3 aromatic carbocycles. The topological polar surface area (TPSA) is 29.9 Å². The molecular weight excluding hydrogens is 440 g/mol. The highest BCUT2D eigenvalue weighted by atomic mass is 16.3. The Balaban J connectivity index is 1.57. The molecule has 3 heteroatoms. The highest BCUT2D eigenvalue weighted by molar-refractivity contribution is 6.23. The van der Waals surface area contributed by atoms with E-state index in [1.165, 1.54) is 16.3 Å². The van der Waals surface area contributed by atoms with E-state index >= 15 is 0 Å². The second kappa shape index (κ2) is 8.30. The van der Waals surface area contributed by atoms with Crippen LogP contribution in [0.5, 0.6) is 0 Å². The summed E-state index contributed by atoms with van der Waals surface area (Å²) < 4.78 is 25.8. The first-order chi connectivity index (χ1) is 18.1. The third-order valence-corrected chi connectivity index (χ3v) is 6.80. The Hall–Kier alpha value is -3.98. The van der Waals surface area contributed by atoms with Gasteiger partial charge >= 0.3 is 0 Å². The summed E-state index contributed by atoms with van der Waals surface area (Å²) in [7, 11) is 2.06. The molecule has 0 saturated heterocycles. The number of pyridine rings is 2. The molecule has 0 saturated carbocycles. The average Bonchev–Trinajstić information content (AvgIpc) is 3.28. The Labute approximate surface area is 214 Å². The van der Waals surface area contributed by atoms with Crippen molar-refractivity contribution in [2.45, 2.75) is 34.1 Å². The third-order valence-electron chi connectivity index (χ3n) is 6.80. The largest absolute Gasteiger partial charge is 0.455 e. The molecule has 6 aromatic rings. The summed E-state index contributed by atoms with van der Waals surface area (Å²) in [6.45, 7) is 7.87. The van der Waals surface area contributed by atoms with Gasteiger partial charge in [0.05, 0.1) is 5.56 Å². The van der Waals surface area contributed by atoms with E-state index in [4.69, 9.17) is 7.16 Å². The number of para-hydroxylation sites is 1. The molecule has 6 rings (SSSR count). The summed E-state index contributed by atoms with van der Waals surface area (Å²) >= 11 is 0. The lowest BCUT2D eigenvalue weighted by molar-refractivity contribution is -0.660. The van der Waals surface area contributed by atoms with Gasteiger partial charge in [-0.2, -0.15) is 0 Å². The molecule has 3 aromatic heterocycles. The van der Waals surface area contributed by atoms with Crippen LogP contribution >= 0.6 is 0 Å². The van der Waals surface area contributed by atoms with E-state index in [9.17, 15) is 0 Å². The monoisotopic (exact) mass is 473 g/mol. The molecule has 0 aliphatic rings. The minimum Gasteiger partial charge on any atom is -0.455 e. The normalized spacial score (nSPS) is 13.4. The first kappa shape index (κ1) is 20.2. The summed E-state index contributed by atoms with van der Waals surface area (Å²) in [6.07, 6.45) is 2.31. The predicted octanol–water partition coefficient (Wildman–Crippen LogP) is 8.19. The van der Waals surface area contributed by atoms with Crippen LogP contribution in [0.1, 0.15) is 34.8 Å². The van der Waals surface area contributed by atoms with Crippen LogP contribution < -0.4 is 4.57 Å². The standard InChI is InChI=1S/C33H31N2O/c1-21-25-10-6-7-11-26(25)31-27-12-8-9-13-29(27)36-32(31)30(21)28-18-22(16-17-35(28)5)23-14-15-24(34-20-23)19-33(2,3)4/h6-18,20H,19H2,1-5H3/q+1/i19D2. The van der Waals surface area contributed by atoms with Gasteiger partial charge in [0, 0.05) is 43.1 Å². The van der Waals surface area contributed by atoms with Crippen molar-refractivity contribution < 1.29 is 11.7 Å². The molecule has 3 heterocycles. The second-order valence-corrected chi connectivity index (χ2v) is 10.6. The fourth-order valence-corrected chi connectivity index (χ4v) is 5.15. The number of fused-ring (bicyclic) bond motifs is 5. The smallest absolute Gasteiger partial charge is 0.216 e. The second-order valence-electron chi connectivity index (χ2n) is 10.6. The SMILES string of the molecule is [2H]C([2H])(c1ccc(-c2cc[n+](C)c(-c3c(C)c4ccccc4c4c3oc3ccccc34)c2)cn1)C(C)(C)C. The molecule has 0 aliphatic heterocycles. The number of hydrogen-bond acceptors (Lipinski definition) is 2. The minimum absolute atomic E-state index is 0.449. The van der Waals surface area contributed by atoms with E-state index < -0.39 is 11.8 Å². The lowest BCUT2D eigenvalue weighted by Gasteiger charge is -2.17. The summed E-state index contributed by atoms with van der Waals surface area (Å²) in [5.74, 6) is 0. The quantitative estimate of drug-likeness (QED) is 0.243. The maximum atomic E-state index is 8.57. The molecule has 178 valence electrons. The Bertz CT molecular complexity index is 1840. The van der Waals surface area contributed by atoms with Gasteiger partial charge in [-0.1, -0.05) is 69.3 Å². The van der Waals surface area contributed by atoms with Crippen molar-refractivity contribution in [1.82, 2.24) is 4.98 Å². The Morgan fingerprint density at radius 1 is 0.889 bits per heavy atom. The van der Waals surface area contributed by atoms with E-state index in [1.807, 2.05) is 45.0 Å². The predicted molar refractivity (Wildman–Crippen MR) is 149 cm³/mol. The molecule has 36 heavy (non-hydrogen) atoms. The molecule has 0 spiro atoms. The molecule has 0 N–H and O–H groups in total. The number of furan rings is 1. The van der Waals surface area contributed by atoms with Gasteiger partial charge in [-0.05, 0) is 52.7 Å². The fourth-order valence-electron chi connectivity index (χ4n) is 5.15. The summed E-state index contributed by atoms with van der Waals surface area (Å²) in [4.78, 5) is 4.55. The number of rotatable bonds is 3. The van der Waals surface area contributed by atoms with Crippen LogP contribution in [0.4, 0.5) is 0 Å². The van der Waals surface area contributed by atoms with Gasteiger partial charge < -0.3 is 4.42 Å². The van der Waals surface area contributed by atoms with Gasteiger partial charge in [0.15, 0.2) is 6.20 Å². The number of benzene rings is 3. The van der Waals surface area contributed by atoms with Crippen LogP contribution in [-0.2, 0) is 13.4 Å². The lowest BCUT2D eigenvalue weighted by Crippen LogP contribution is -2.30. The summed E-state index contributed by atoms with van der Waals surface area (Å²) in [5.41, 5.74) is 6.92. The number of hydrogen-bond donors (Lipinski definition) is 0. The zero-order valence-corrected chi connectivity index (χ0v) is 21.4. The van der Waals surface area contributed by atoms with Crippen molar-refractivity contribution >= 4 is 32.7 Å². The first-order valence-corrected chi connectivity index (χ1v) is 12.4. The van der Waals surface area contributed by atoms with Crippen LogP contribution in [-0.4, -0.2) is 4.98 Å². The van der Waals surface area contributed by atoms with Crippen molar-refractivity contribution in [1.29, 1.82) is 0 Å². The molecular formula is C33H31N2O+. The maximum absolute atomic E-state index is 8.57. The number of aromatic nitrogens is 2. The maximum Gasteiger partial charge on any atom is 0.216 e. The van der Waals surface area contributed by atoms with Crippen LogP contribution in [0.3, 0.4) is 0 Å². The molecule has 0 atom stereocenters. The molecule has 0 unspecified atom stereocenters. The number of nitrogens with zero attached hydrogens (tertiary/aromatic N) is 2. The average molecular weight is 474 g/mol. The first-order valence-electron chi connectivity index (χ1n) is 13.4. The van der Waals surface area contributed by atoms with Crippen LogP contribution in [0.2, 0.25) is 0 Å². The van der Waals surface area contributed by atoms with Crippen molar-refractivity contribution in [3.63, 3.8) is 0 Å². The van der Waals surface area contributed by atoms with Crippen molar-refractivity contribution in [3.05, 3.63) is 96.4 Å². The molecule has 3 nitrogen and oxygen atoms in total. The van der Waals surface area contributed by atoms with Crippen molar-refractivity contribution in [3.8, 4) is 22.4 Å². The molecule has 0 bridgehead atoms. The molecule has 0 fully saturated rings. The fraction of sp³-hybridized carbons (Fsp3) is 0.212. The molecule has 0 aliphatic carbocycles. The molecule has 0 radical (unpaired) electrons. The van der Waals surface area contributed by atoms with E-state index in [-0.39, 0.29) is 0 Å². The summed E-state index contributed by atoms with van der Waals surface area (Å²) in [6, 6.07) is 24.8. The highest BCUT2D eigenvalue weighted by Crippen LogP contribution is 2.43. The van der Waals surface area contributed by atoms with Crippen molar-refractivity contribution in [2.75, 3.05) is 0 Å². The Morgan fingerprint density at radius 3 is 2.33 bits per heavy atom. The number of aryl methyl sites for hydroxylation is 2. The van der Waals surface area contributed by atoms with Gasteiger partial charge in [-0.25, -0.2) is 4.57 Å². The zero-order chi connectivity index (χ0) is 26.8. The van der Waals surface area contributed by atoms with Crippen molar-refractivity contribution in [2.24, 2.45) is 12.5 Å². The van der Waals surface area contributed by atoms with Gasteiger partial charge in [0.25, 0.3) is 0 Å². The Kier molecular flexibility index (Phi) is 4.67. The van der Waals surface area contributed by atoms with Gasteiger partial charge in [0.2, 0.25) is 5.69 Å². The lowest BCUT2D eigenvalue weighted by atomic mass is 9.90. The van der Waals surface area contributed by atoms with E-state index in [0.717, 1.165) is 44.3 Å².